The molecule has 1 amide bonds. The van der Waals surface area contributed by atoms with Gasteiger partial charge in [-0.25, -0.2) is 0 Å². The first kappa shape index (κ1) is 19.9. The first-order chi connectivity index (χ1) is 12.9. The molecule has 0 aliphatic rings. The van der Waals surface area contributed by atoms with Gasteiger partial charge in [0.1, 0.15) is 30.3 Å². The van der Waals surface area contributed by atoms with E-state index in [4.69, 9.17) is 9.47 Å². The highest BCUT2D eigenvalue weighted by molar-refractivity contribution is 5.80. The molecule has 0 radical (unpaired) electrons. The highest BCUT2D eigenvalue weighted by atomic mass is 16.6. The van der Waals surface area contributed by atoms with Crippen LogP contribution < -0.4 is 10.1 Å². The number of hydrogen-bond acceptors (Lipinski definition) is 7. The maximum absolute atomic E-state index is 11.8. The van der Waals surface area contributed by atoms with Crippen LogP contribution in [0.25, 0.3) is 0 Å². The fourth-order valence-electron chi connectivity index (χ4n) is 2.35. The summed E-state index contributed by atoms with van der Waals surface area (Å²) in [5.41, 5.74) is 0.317. The Hall–Kier alpha value is -3.43. The number of ether oxygens (including phenoxy) is 2. The average Bonchev–Trinajstić information content (AvgIpc) is 2.91. The molecule has 10 nitrogen and oxygen atoms in total. The Bertz CT molecular complexity index is 818. The summed E-state index contributed by atoms with van der Waals surface area (Å²) in [6.45, 7) is 2.74. The molecule has 1 heterocycles. The van der Waals surface area contributed by atoms with Crippen molar-refractivity contribution in [2.75, 3.05) is 19.8 Å². The summed E-state index contributed by atoms with van der Waals surface area (Å²) in [6.07, 6.45) is 0. The number of carbonyl (C=O) groups is 2. The average molecular weight is 376 g/mol. The van der Waals surface area contributed by atoms with E-state index in [0.717, 1.165) is 0 Å². The monoisotopic (exact) mass is 376 g/mol. The minimum atomic E-state index is -0.716. The topological polar surface area (TPSA) is 126 Å². The number of aryl methyl sites for hydroxylation is 1. The standard InChI is InChI=1S/C17H20N4O6/c1-12-17(21(24)25)13(2)20(19-12)10-16(23)27-11-15(22)18-8-9-26-14-6-4-3-5-7-14/h3-7H,8-11H2,1-2H3,(H,18,22). The second-order valence-electron chi connectivity index (χ2n) is 5.61. The zero-order chi connectivity index (χ0) is 19.8. The van der Waals surface area contributed by atoms with Gasteiger partial charge in [-0.15, -0.1) is 0 Å². The Morgan fingerprint density at radius 1 is 1.26 bits per heavy atom. The van der Waals surface area contributed by atoms with Gasteiger partial charge in [0, 0.05) is 0 Å². The lowest BCUT2D eigenvalue weighted by molar-refractivity contribution is -0.386. The molecule has 0 saturated heterocycles. The van der Waals surface area contributed by atoms with Crippen LogP contribution >= 0.6 is 0 Å². The largest absolute Gasteiger partial charge is 0.492 e. The smallest absolute Gasteiger partial charge is 0.328 e. The summed E-state index contributed by atoms with van der Waals surface area (Å²) in [5, 5.41) is 17.4. The first-order valence-corrected chi connectivity index (χ1v) is 8.17. The summed E-state index contributed by atoms with van der Waals surface area (Å²) in [4.78, 5) is 33.9. The molecule has 1 aromatic carbocycles. The number of nitro groups is 1. The first-order valence-electron chi connectivity index (χ1n) is 8.17. The molecule has 0 saturated carbocycles. The van der Waals surface area contributed by atoms with Gasteiger partial charge < -0.3 is 14.8 Å². The van der Waals surface area contributed by atoms with Gasteiger partial charge in [0.2, 0.25) is 0 Å². The Morgan fingerprint density at radius 2 is 1.96 bits per heavy atom. The molecule has 144 valence electrons. The zero-order valence-corrected chi connectivity index (χ0v) is 15.0. The van der Waals surface area contributed by atoms with E-state index in [9.17, 15) is 19.7 Å². The second kappa shape index (κ2) is 9.32. The zero-order valence-electron chi connectivity index (χ0n) is 15.0. The van der Waals surface area contributed by atoms with Crippen molar-refractivity contribution in [1.82, 2.24) is 15.1 Å². The fourth-order valence-corrected chi connectivity index (χ4v) is 2.35. The molecule has 0 aliphatic carbocycles. The van der Waals surface area contributed by atoms with Crippen molar-refractivity contribution in [2.24, 2.45) is 0 Å². The molecule has 0 bridgehead atoms. The van der Waals surface area contributed by atoms with Gasteiger partial charge in [0.15, 0.2) is 6.61 Å². The molecular formula is C17H20N4O6. The van der Waals surface area contributed by atoms with E-state index >= 15 is 0 Å². The predicted molar refractivity (Wildman–Crippen MR) is 94.3 cm³/mol. The van der Waals surface area contributed by atoms with Crippen LogP contribution in [0.2, 0.25) is 0 Å². The summed E-state index contributed by atoms with van der Waals surface area (Å²) in [6, 6.07) is 9.14. The molecule has 0 aliphatic heterocycles. The molecule has 27 heavy (non-hydrogen) atoms. The third-order valence-electron chi connectivity index (χ3n) is 3.61. The van der Waals surface area contributed by atoms with Gasteiger partial charge in [-0.05, 0) is 26.0 Å². The predicted octanol–water partition coefficient (Wildman–Crippen LogP) is 1.15. The number of aromatic nitrogens is 2. The lowest BCUT2D eigenvalue weighted by Crippen LogP contribution is -2.32. The van der Waals surface area contributed by atoms with Crippen molar-refractivity contribution in [1.29, 1.82) is 0 Å². The highest BCUT2D eigenvalue weighted by Gasteiger charge is 2.23. The summed E-state index contributed by atoms with van der Waals surface area (Å²) in [5.74, 6) is -0.498. The Labute approximate surface area is 155 Å². The third-order valence-corrected chi connectivity index (χ3v) is 3.61. The lowest BCUT2D eigenvalue weighted by Gasteiger charge is -2.08. The van der Waals surface area contributed by atoms with Crippen LogP contribution in [-0.2, 0) is 20.9 Å². The number of benzene rings is 1. The van der Waals surface area contributed by atoms with E-state index in [1.54, 1.807) is 12.1 Å². The minimum absolute atomic E-state index is 0.140. The second-order valence-corrected chi connectivity index (χ2v) is 5.61. The molecule has 1 N–H and O–H groups in total. The van der Waals surface area contributed by atoms with E-state index in [1.165, 1.54) is 18.5 Å². The van der Waals surface area contributed by atoms with Gasteiger partial charge in [0.25, 0.3) is 5.91 Å². The Balaban J connectivity index is 1.70. The summed E-state index contributed by atoms with van der Waals surface area (Å²) in [7, 11) is 0. The highest BCUT2D eigenvalue weighted by Crippen LogP contribution is 2.21. The van der Waals surface area contributed by atoms with Crippen LogP contribution in [-0.4, -0.2) is 46.3 Å². The van der Waals surface area contributed by atoms with Crippen LogP contribution in [0.15, 0.2) is 30.3 Å². The lowest BCUT2D eigenvalue weighted by atomic mass is 10.3. The summed E-state index contributed by atoms with van der Waals surface area (Å²) >= 11 is 0. The van der Waals surface area contributed by atoms with Crippen molar-refractivity contribution >= 4 is 17.6 Å². The van der Waals surface area contributed by atoms with Crippen LogP contribution in [0.5, 0.6) is 5.75 Å². The molecule has 0 fully saturated rings. The molecule has 10 heteroatoms. The van der Waals surface area contributed by atoms with Crippen molar-refractivity contribution < 1.29 is 24.0 Å². The normalized spacial score (nSPS) is 10.3. The van der Waals surface area contributed by atoms with Crippen molar-refractivity contribution in [3.8, 4) is 5.75 Å². The van der Waals surface area contributed by atoms with Crippen molar-refractivity contribution in [2.45, 2.75) is 20.4 Å². The van der Waals surface area contributed by atoms with Crippen LogP contribution in [0, 0.1) is 24.0 Å². The van der Waals surface area contributed by atoms with Gasteiger partial charge >= 0.3 is 11.7 Å². The number of hydrogen-bond donors (Lipinski definition) is 1. The molecular weight excluding hydrogens is 356 g/mol. The van der Waals surface area contributed by atoms with Crippen LogP contribution in [0.3, 0.4) is 0 Å². The van der Waals surface area contributed by atoms with Crippen molar-refractivity contribution in [3.63, 3.8) is 0 Å². The van der Waals surface area contributed by atoms with Gasteiger partial charge in [-0.2, -0.15) is 5.10 Å². The number of nitrogens with zero attached hydrogens (tertiary/aromatic N) is 3. The van der Waals surface area contributed by atoms with E-state index < -0.39 is 23.4 Å². The number of esters is 1. The molecule has 2 rings (SSSR count). The van der Waals surface area contributed by atoms with E-state index in [0.29, 0.717) is 5.75 Å². The quantitative estimate of drug-likeness (QED) is 0.301. The van der Waals surface area contributed by atoms with Crippen LogP contribution in [0.4, 0.5) is 5.69 Å². The maximum Gasteiger partial charge on any atom is 0.328 e. The molecule has 0 unspecified atom stereocenters. The number of amides is 1. The van der Waals surface area contributed by atoms with E-state index in [1.807, 2.05) is 18.2 Å². The van der Waals surface area contributed by atoms with Gasteiger partial charge in [-0.3, -0.25) is 24.4 Å². The van der Waals surface area contributed by atoms with Crippen molar-refractivity contribution in [3.05, 3.63) is 51.8 Å². The number of nitrogens with one attached hydrogen (secondary N) is 1. The summed E-state index contributed by atoms with van der Waals surface area (Å²) < 4.78 is 11.5. The molecule has 2 aromatic rings. The number of rotatable bonds is 9. The Kier molecular flexibility index (Phi) is 6.86. The molecule has 0 spiro atoms. The van der Waals surface area contributed by atoms with Gasteiger partial charge in [-0.1, -0.05) is 18.2 Å². The van der Waals surface area contributed by atoms with Crippen LogP contribution in [0.1, 0.15) is 11.4 Å². The fraction of sp³-hybridized carbons (Fsp3) is 0.353. The third kappa shape index (κ3) is 5.80. The Morgan fingerprint density at radius 3 is 2.59 bits per heavy atom. The number of para-hydroxylation sites is 1. The number of carbonyl (C=O) groups excluding carboxylic acids is 2. The SMILES string of the molecule is Cc1nn(CC(=O)OCC(=O)NCCOc2ccccc2)c(C)c1[N+](=O)[O-]. The molecule has 1 aromatic heterocycles. The van der Waals surface area contributed by atoms with Gasteiger partial charge in [0.05, 0.1) is 11.5 Å². The minimum Gasteiger partial charge on any atom is -0.492 e. The maximum atomic E-state index is 11.8. The van der Waals surface area contributed by atoms with E-state index in [-0.39, 0.29) is 36.8 Å². The van der Waals surface area contributed by atoms with E-state index in [2.05, 4.69) is 10.4 Å². The molecule has 0 atom stereocenters.